The van der Waals surface area contributed by atoms with Gasteiger partial charge in [0.1, 0.15) is 12.4 Å². The number of benzene rings is 3. The second kappa shape index (κ2) is 11.2. The predicted octanol–water partition coefficient (Wildman–Crippen LogP) is 4.73. The van der Waals surface area contributed by atoms with Crippen LogP contribution in [0.3, 0.4) is 0 Å². The topological polar surface area (TPSA) is 96.1 Å². The van der Waals surface area contributed by atoms with Crippen molar-refractivity contribution in [3.63, 3.8) is 0 Å². The molecule has 0 unspecified atom stereocenters. The van der Waals surface area contributed by atoms with E-state index in [4.69, 9.17) is 27.9 Å². The third-order valence-electron chi connectivity index (χ3n) is 4.98. The number of hydrogen-bond donors (Lipinski definition) is 3. The molecule has 3 aromatic carbocycles. The fourth-order valence-corrected chi connectivity index (χ4v) is 3.76. The normalized spacial score (nSPS) is 10.9. The minimum atomic E-state index is -0.372. The molecule has 1 aromatic heterocycles. The summed E-state index contributed by atoms with van der Waals surface area (Å²) in [6, 6.07) is 20.1. The molecule has 0 spiro atoms. The second-order valence-electron chi connectivity index (χ2n) is 7.63. The zero-order valence-electron chi connectivity index (χ0n) is 18.1. The fourth-order valence-electron chi connectivity index (χ4n) is 3.39. The van der Waals surface area contributed by atoms with Gasteiger partial charge >= 0.3 is 0 Å². The van der Waals surface area contributed by atoms with E-state index in [0.29, 0.717) is 34.6 Å². The molecule has 1 heterocycles. The molecule has 3 N–H and O–H groups in total. The van der Waals surface area contributed by atoms with Crippen LogP contribution in [0.4, 0.5) is 5.69 Å². The van der Waals surface area contributed by atoms with E-state index < -0.39 is 0 Å². The van der Waals surface area contributed by atoms with E-state index in [1.54, 1.807) is 30.3 Å². The molecule has 4 aromatic rings. The summed E-state index contributed by atoms with van der Waals surface area (Å²) < 4.78 is 5.39. The molecule has 174 valence electrons. The lowest BCUT2D eigenvalue weighted by atomic mass is 10.1. The number of aromatic amines is 1. The molecule has 0 aliphatic heterocycles. The fraction of sp³-hybridized carbons (Fsp3) is 0.160. The Bertz CT molecular complexity index is 1310. The third kappa shape index (κ3) is 6.57. The lowest BCUT2D eigenvalue weighted by molar-refractivity contribution is -0.128. The molecular weight excluding hydrogens is 475 g/mol. The van der Waals surface area contributed by atoms with Gasteiger partial charge in [-0.25, -0.2) is 4.98 Å². The molecule has 7 nitrogen and oxygen atoms in total. The molecule has 0 atom stereocenters. The number of fused-ring (bicyclic) bond motifs is 1. The Hall–Kier alpha value is -3.39. The van der Waals surface area contributed by atoms with Gasteiger partial charge in [0.25, 0.3) is 0 Å². The van der Waals surface area contributed by atoms with Crippen molar-refractivity contribution in [3.05, 3.63) is 93.7 Å². The highest BCUT2D eigenvalue weighted by Crippen LogP contribution is 2.24. The highest BCUT2D eigenvalue weighted by Gasteiger charge is 2.12. The molecule has 0 aliphatic carbocycles. The van der Waals surface area contributed by atoms with Crippen molar-refractivity contribution in [2.75, 3.05) is 18.5 Å². The number of nitrogens with one attached hydrogen (secondary N) is 3. The number of halogens is 2. The van der Waals surface area contributed by atoms with E-state index in [2.05, 4.69) is 20.6 Å². The SMILES string of the molecule is O=C(COCc1ccccc1)NCC(=O)Nc1ccc(Cl)cc1Cc1nc2ccc(Cl)cc2[nH]1. The van der Waals surface area contributed by atoms with Gasteiger partial charge in [-0.3, -0.25) is 9.59 Å². The van der Waals surface area contributed by atoms with Gasteiger partial charge in [0, 0.05) is 22.2 Å². The summed E-state index contributed by atoms with van der Waals surface area (Å²) >= 11 is 12.2. The number of H-pyrrole nitrogens is 1. The van der Waals surface area contributed by atoms with Crippen LogP contribution in [0.1, 0.15) is 17.0 Å². The summed E-state index contributed by atoms with van der Waals surface area (Å²) in [5, 5.41) is 6.54. The van der Waals surface area contributed by atoms with Crippen LogP contribution in [0.15, 0.2) is 66.7 Å². The smallest absolute Gasteiger partial charge is 0.246 e. The van der Waals surface area contributed by atoms with E-state index in [1.807, 2.05) is 36.4 Å². The Morgan fingerprint density at radius 1 is 0.941 bits per heavy atom. The minimum Gasteiger partial charge on any atom is -0.367 e. The first-order chi connectivity index (χ1) is 16.5. The number of carbonyl (C=O) groups excluding carboxylic acids is 2. The van der Waals surface area contributed by atoms with Crippen LogP contribution in [-0.2, 0) is 27.4 Å². The lowest BCUT2D eigenvalue weighted by Gasteiger charge is -2.12. The second-order valence-corrected chi connectivity index (χ2v) is 8.50. The van der Waals surface area contributed by atoms with Crippen LogP contribution in [0, 0.1) is 0 Å². The third-order valence-corrected chi connectivity index (χ3v) is 5.45. The van der Waals surface area contributed by atoms with Crippen LogP contribution >= 0.6 is 23.2 Å². The van der Waals surface area contributed by atoms with E-state index in [-0.39, 0.29) is 25.0 Å². The summed E-state index contributed by atoms with van der Waals surface area (Å²) in [4.78, 5) is 32.2. The number of hydrogen-bond acceptors (Lipinski definition) is 4. The Balaban J connectivity index is 1.32. The first-order valence-corrected chi connectivity index (χ1v) is 11.3. The highest BCUT2D eigenvalue weighted by molar-refractivity contribution is 6.31. The van der Waals surface area contributed by atoms with Crippen molar-refractivity contribution in [2.24, 2.45) is 0 Å². The van der Waals surface area contributed by atoms with Gasteiger partial charge in [0.2, 0.25) is 11.8 Å². The standard InChI is InChI=1S/C25H22Cl2N4O3/c26-18-6-8-20(17(10-18)11-23-29-21-9-7-19(27)12-22(21)30-23)31-24(32)13-28-25(33)15-34-14-16-4-2-1-3-5-16/h1-10,12H,11,13-15H2,(H,28,33)(H,29,30)(H,31,32). The molecule has 0 aliphatic rings. The van der Waals surface area contributed by atoms with Gasteiger partial charge in [0.15, 0.2) is 0 Å². The van der Waals surface area contributed by atoms with Crippen molar-refractivity contribution in [3.8, 4) is 0 Å². The van der Waals surface area contributed by atoms with Gasteiger partial charge in [-0.1, -0.05) is 53.5 Å². The minimum absolute atomic E-state index is 0.134. The first-order valence-electron chi connectivity index (χ1n) is 10.6. The molecule has 0 saturated carbocycles. The van der Waals surface area contributed by atoms with Crippen molar-refractivity contribution in [1.29, 1.82) is 0 Å². The maximum absolute atomic E-state index is 12.4. The van der Waals surface area contributed by atoms with E-state index >= 15 is 0 Å². The van der Waals surface area contributed by atoms with E-state index in [0.717, 1.165) is 22.2 Å². The van der Waals surface area contributed by atoms with Crippen molar-refractivity contribution >= 4 is 51.7 Å². The van der Waals surface area contributed by atoms with E-state index in [1.165, 1.54) is 0 Å². The molecule has 34 heavy (non-hydrogen) atoms. The van der Waals surface area contributed by atoms with Crippen LogP contribution in [0.5, 0.6) is 0 Å². The molecule has 2 amide bonds. The number of amides is 2. The Morgan fingerprint density at radius 3 is 2.53 bits per heavy atom. The number of aromatic nitrogens is 2. The zero-order chi connectivity index (χ0) is 23.9. The average Bonchev–Trinajstić information content (AvgIpc) is 3.21. The summed E-state index contributed by atoms with van der Waals surface area (Å²) in [5.74, 6) is -0.0291. The van der Waals surface area contributed by atoms with Crippen LogP contribution < -0.4 is 10.6 Å². The molecular formula is C25H22Cl2N4O3. The Labute approximate surface area is 206 Å². The molecule has 0 saturated heterocycles. The summed E-state index contributed by atoms with van der Waals surface area (Å²) in [6.45, 7) is 0.00571. The van der Waals surface area contributed by atoms with Crippen LogP contribution in [-0.4, -0.2) is 34.9 Å². The van der Waals surface area contributed by atoms with E-state index in [9.17, 15) is 9.59 Å². The zero-order valence-corrected chi connectivity index (χ0v) is 19.6. The monoisotopic (exact) mass is 496 g/mol. The Kier molecular flexibility index (Phi) is 7.80. The van der Waals surface area contributed by atoms with Gasteiger partial charge < -0.3 is 20.4 Å². The maximum Gasteiger partial charge on any atom is 0.246 e. The lowest BCUT2D eigenvalue weighted by Crippen LogP contribution is -2.35. The average molecular weight is 497 g/mol. The predicted molar refractivity (Wildman–Crippen MR) is 133 cm³/mol. The molecule has 0 fully saturated rings. The number of ether oxygens (including phenoxy) is 1. The Morgan fingerprint density at radius 2 is 1.71 bits per heavy atom. The molecule has 0 bridgehead atoms. The van der Waals surface area contributed by atoms with Crippen molar-refractivity contribution in [1.82, 2.24) is 15.3 Å². The number of anilines is 1. The summed E-state index contributed by atoms with van der Waals surface area (Å²) in [7, 11) is 0. The summed E-state index contributed by atoms with van der Waals surface area (Å²) in [6.07, 6.45) is 0.419. The first kappa shape index (κ1) is 23.8. The number of rotatable bonds is 9. The van der Waals surface area contributed by atoms with Crippen molar-refractivity contribution < 1.29 is 14.3 Å². The van der Waals surface area contributed by atoms with Gasteiger partial charge in [-0.15, -0.1) is 0 Å². The van der Waals surface area contributed by atoms with Gasteiger partial charge in [0.05, 0.1) is 24.2 Å². The molecule has 9 heteroatoms. The maximum atomic E-state index is 12.4. The molecule has 0 radical (unpaired) electrons. The van der Waals surface area contributed by atoms with Gasteiger partial charge in [-0.2, -0.15) is 0 Å². The van der Waals surface area contributed by atoms with Crippen LogP contribution in [0.2, 0.25) is 10.0 Å². The quantitative estimate of drug-likeness (QED) is 0.312. The number of nitrogens with zero attached hydrogens (tertiary/aromatic N) is 1. The van der Waals surface area contributed by atoms with Gasteiger partial charge in [-0.05, 0) is 47.5 Å². The van der Waals surface area contributed by atoms with Crippen LogP contribution in [0.25, 0.3) is 11.0 Å². The number of imidazole rings is 1. The van der Waals surface area contributed by atoms with Crippen molar-refractivity contribution in [2.45, 2.75) is 13.0 Å². The number of carbonyl (C=O) groups is 2. The highest BCUT2D eigenvalue weighted by atomic mass is 35.5. The summed E-state index contributed by atoms with van der Waals surface area (Å²) in [5.41, 5.74) is 3.96. The molecule has 4 rings (SSSR count). The largest absolute Gasteiger partial charge is 0.367 e.